The Morgan fingerprint density at radius 1 is 1.11 bits per heavy atom. The predicted molar refractivity (Wildman–Crippen MR) is 104 cm³/mol. The summed E-state index contributed by atoms with van der Waals surface area (Å²) in [6.45, 7) is 3.78. The summed E-state index contributed by atoms with van der Waals surface area (Å²) in [6, 6.07) is 10.1. The van der Waals surface area contributed by atoms with Gasteiger partial charge in [-0.3, -0.25) is 9.69 Å². The lowest BCUT2D eigenvalue weighted by Gasteiger charge is -2.33. The molecule has 0 aliphatic carbocycles. The number of pyridine rings is 1. The van der Waals surface area contributed by atoms with Gasteiger partial charge in [-0.25, -0.2) is 13.4 Å². The van der Waals surface area contributed by atoms with E-state index in [9.17, 15) is 13.2 Å². The summed E-state index contributed by atoms with van der Waals surface area (Å²) in [7, 11) is -3.50. The molecule has 0 unspecified atom stereocenters. The van der Waals surface area contributed by atoms with Crippen molar-refractivity contribution in [3.05, 3.63) is 53.2 Å². The number of amides is 1. The van der Waals surface area contributed by atoms with Crippen molar-refractivity contribution in [3.63, 3.8) is 0 Å². The summed E-state index contributed by atoms with van der Waals surface area (Å²) < 4.78 is 26.9. The number of rotatable bonds is 5. The first-order valence-electron chi connectivity index (χ1n) is 8.55. The van der Waals surface area contributed by atoms with Gasteiger partial charge in [0, 0.05) is 32.4 Å². The van der Waals surface area contributed by atoms with Crippen LogP contribution in [0.25, 0.3) is 0 Å². The predicted octanol–water partition coefficient (Wildman–Crippen LogP) is 1.99. The lowest BCUT2D eigenvalue weighted by atomic mass is 10.2. The van der Waals surface area contributed by atoms with Crippen molar-refractivity contribution >= 4 is 33.3 Å². The van der Waals surface area contributed by atoms with Gasteiger partial charge >= 0.3 is 0 Å². The third-order valence-corrected chi connectivity index (χ3v) is 6.49. The molecule has 1 aliphatic heterocycles. The minimum atomic E-state index is -3.50. The van der Waals surface area contributed by atoms with Crippen LogP contribution in [0.4, 0.5) is 5.82 Å². The number of hydrogen-bond acceptors (Lipinski definition) is 5. The SMILES string of the molecule is Cc1ccc(S(=O)(=O)N2CCN(CC(=O)Nc3ccc(Cl)cn3)CC2)cc1. The molecule has 0 radical (unpaired) electrons. The molecule has 1 N–H and O–H groups in total. The normalized spacial score (nSPS) is 16.2. The van der Waals surface area contributed by atoms with E-state index in [1.54, 1.807) is 36.4 Å². The zero-order valence-corrected chi connectivity index (χ0v) is 16.5. The lowest BCUT2D eigenvalue weighted by molar-refractivity contribution is -0.117. The molecule has 1 aromatic carbocycles. The number of halogens is 1. The number of aromatic nitrogens is 1. The zero-order chi connectivity index (χ0) is 19.4. The Hall–Kier alpha value is -2.00. The summed E-state index contributed by atoms with van der Waals surface area (Å²) in [4.78, 5) is 18.4. The van der Waals surface area contributed by atoms with E-state index in [-0.39, 0.29) is 12.5 Å². The quantitative estimate of drug-likeness (QED) is 0.818. The van der Waals surface area contributed by atoms with E-state index in [4.69, 9.17) is 11.6 Å². The van der Waals surface area contributed by atoms with E-state index in [0.29, 0.717) is 41.9 Å². The fourth-order valence-corrected chi connectivity index (χ4v) is 4.36. The van der Waals surface area contributed by atoms with Crippen LogP contribution in [-0.2, 0) is 14.8 Å². The number of carbonyl (C=O) groups is 1. The smallest absolute Gasteiger partial charge is 0.243 e. The van der Waals surface area contributed by atoms with Crippen LogP contribution in [-0.4, -0.2) is 61.2 Å². The molecule has 2 heterocycles. The fourth-order valence-electron chi connectivity index (χ4n) is 2.82. The van der Waals surface area contributed by atoms with Crippen molar-refractivity contribution in [1.82, 2.24) is 14.2 Å². The van der Waals surface area contributed by atoms with Crippen LogP contribution in [0.3, 0.4) is 0 Å². The maximum Gasteiger partial charge on any atom is 0.243 e. The van der Waals surface area contributed by atoms with E-state index in [1.165, 1.54) is 10.5 Å². The van der Waals surface area contributed by atoms with Crippen LogP contribution in [0.15, 0.2) is 47.5 Å². The number of piperazine rings is 1. The molecule has 9 heteroatoms. The van der Waals surface area contributed by atoms with Gasteiger partial charge in [-0.2, -0.15) is 4.31 Å². The number of hydrogen-bond donors (Lipinski definition) is 1. The molecule has 0 bridgehead atoms. The van der Waals surface area contributed by atoms with Gasteiger partial charge in [0.25, 0.3) is 0 Å². The van der Waals surface area contributed by atoms with Crippen molar-refractivity contribution < 1.29 is 13.2 Å². The molecule has 1 amide bonds. The summed E-state index contributed by atoms with van der Waals surface area (Å²) >= 11 is 5.77. The van der Waals surface area contributed by atoms with E-state index in [2.05, 4.69) is 10.3 Å². The van der Waals surface area contributed by atoms with E-state index in [0.717, 1.165) is 5.56 Å². The summed E-state index contributed by atoms with van der Waals surface area (Å²) in [6.07, 6.45) is 1.46. The van der Waals surface area contributed by atoms with Gasteiger partial charge in [-0.1, -0.05) is 29.3 Å². The van der Waals surface area contributed by atoms with E-state index >= 15 is 0 Å². The molecular weight excluding hydrogens is 388 g/mol. The highest BCUT2D eigenvalue weighted by atomic mass is 35.5. The highest BCUT2D eigenvalue weighted by Crippen LogP contribution is 2.18. The van der Waals surface area contributed by atoms with Gasteiger partial charge in [0.15, 0.2) is 0 Å². The molecule has 2 aromatic rings. The molecule has 0 spiro atoms. The topological polar surface area (TPSA) is 82.6 Å². The molecule has 1 aliphatic rings. The monoisotopic (exact) mass is 408 g/mol. The van der Waals surface area contributed by atoms with Crippen LogP contribution in [0.1, 0.15) is 5.56 Å². The molecule has 1 saturated heterocycles. The Morgan fingerprint density at radius 3 is 2.37 bits per heavy atom. The Kier molecular flexibility index (Phi) is 6.11. The van der Waals surface area contributed by atoms with Gasteiger partial charge in [0.1, 0.15) is 5.82 Å². The minimum Gasteiger partial charge on any atom is -0.310 e. The molecule has 3 rings (SSSR count). The Labute approximate surface area is 164 Å². The molecule has 144 valence electrons. The summed E-state index contributed by atoms with van der Waals surface area (Å²) in [5.41, 5.74) is 1.01. The first kappa shape index (κ1) is 19.8. The maximum atomic E-state index is 12.7. The van der Waals surface area contributed by atoms with Crippen molar-refractivity contribution in [2.75, 3.05) is 38.0 Å². The molecule has 7 nitrogen and oxygen atoms in total. The average molecular weight is 409 g/mol. The van der Waals surface area contributed by atoms with Crippen LogP contribution in [0.5, 0.6) is 0 Å². The third kappa shape index (κ3) is 5.04. The molecule has 1 fully saturated rings. The van der Waals surface area contributed by atoms with Gasteiger partial charge < -0.3 is 5.32 Å². The van der Waals surface area contributed by atoms with E-state index in [1.807, 2.05) is 11.8 Å². The fraction of sp³-hybridized carbons (Fsp3) is 0.333. The van der Waals surface area contributed by atoms with Gasteiger partial charge in [-0.05, 0) is 31.2 Å². The Morgan fingerprint density at radius 2 is 1.78 bits per heavy atom. The summed E-state index contributed by atoms with van der Waals surface area (Å²) in [5, 5.41) is 3.21. The first-order valence-corrected chi connectivity index (χ1v) is 10.4. The number of aryl methyl sites for hydroxylation is 1. The second-order valence-electron chi connectivity index (χ2n) is 6.40. The van der Waals surface area contributed by atoms with Crippen molar-refractivity contribution in [2.45, 2.75) is 11.8 Å². The zero-order valence-electron chi connectivity index (χ0n) is 14.9. The van der Waals surface area contributed by atoms with Crippen LogP contribution in [0, 0.1) is 6.92 Å². The van der Waals surface area contributed by atoms with Gasteiger partial charge in [-0.15, -0.1) is 0 Å². The average Bonchev–Trinajstić information content (AvgIpc) is 2.64. The number of sulfonamides is 1. The van der Waals surface area contributed by atoms with Crippen molar-refractivity contribution in [2.24, 2.45) is 0 Å². The maximum absolute atomic E-state index is 12.7. The molecular formula is C18H21ClN4O3S. The van der Waals surface area contributed by atoms with Gasteiger partial charge in [0.05, 0.1) is 16.5 Å². The molecule has 0 saturated carbocycles. The number of benzene rings is 1. The number of anilines is 1. The number of carbonyl (C=O) groups excluding carboxylic acids is 1. The highest BCUT2D eigenvalue weighted by molar-refractivity contribution is 7.89. The molecule has 1 aromatic heterocycles. The van der Waals surface area contributed by atoms with Crippen molar-refractivity contribution in [3.8, 4) is 0 Å². The lowest BCUT2D eigenvalue weighted by Crippen LogP contribution is -2.50. The highest BCUT2D eigenvalue weighted by Gasteiger charge is 2.29. The number of nitrogens with zero attached hydrogens (tertiary/aromatic N) is 3. The summed E-state index contributed by atoms with van der Waals surface area (Å²) in [5.74, 6) is 0.240. The second kappa shape index (κ2) is 8.35. The van der Waals surface area contributed by atoms with Crippen molar-refractivity contribution in [1.29, 1.82) is 0 Å². The van der Waals surface area contributed by atoms with E-state index < -0.39 is 10.0 Å². The minimum absolute atomic E-state index is 0.183. The first-order chi connectivity index (χ1) is 12.8. The standard InChI is InChI=1S/C18H21ClN4O3S/c1-14-2-5-16(6-3-14)27(25,26)23-10-8-22(9-11-23)13-18(24)21-17-7-4-15(19)12-20-17/h2-7,12H,8-11,13H2,1H3,(H,20,21,24). The molecule has 0 atom stereocenters. The Balaban J connectivity index is 1.53. The third-order valence-electron chi connectivity index (χ3n) is 4.35. The molecule has 27 heavy (non-hydrogen) atoms. The largest absolute Gasteiger partial charge is 0.310 e. The Bertz CT molecular complexity index is 893. The van der Waals surface area contributed by atoms with Crippen LogP contribution < -0.4 is 5.32 Å². The van der Waals surface area contributed by atoms with Crippen LogP contribution in [0.2, 0.25) is 5.02 Å². The van der Waals surface area contributed by atoms with Crippen LogP contribution >= 0.6 is 11.6 Å². The second-order valence-corrected chi connectivity index (χ2v) is 8.78. The van der Waals surface area contributed by atoms with Gasteiger partial charge in [0.2, 0.25) is 15.9 Å². The number of nitrogens with one attached hydrogen (secondary N) is 1.